The van der Waals surface area contributed by atoms with Crippen LogP contribution in [0.1, 0.15) is 6.92 Å². The van der Waals surface area contributed by atoms with E-state index in [0.29, 0.717) is 0 Å². The van der Waals surface area contributed by atoms with Crippen LogP contribution in [0.3, 0.4) is 0 Å². The fourth-order valence-electron chi connectivity index (χ4n) is 0.266. The SMILES string of the molecule is C=C(Br)/C=C\C(Br)=C/C. The Kier molecular flexibility index (Phi) is 5.10. The van der Waals surface area contributed by atoms with E-state index in [1.165, 1.54) is 0 Å². The largest absolute Gasteiger partial charge is 0.0847 e. The molecule has 0 unspecified atom stereocenters. The summed E-state index contributed by atoms with van der Waals surface area (Å²) >= 11 is 6.52. The normalized spacial score (nSPS) is 12.6. The monoisotopic (exact) mass is 250 g/mol. The molecule has 0 aromatic carbocycles. The van der Waals surface area contributed by atoms with Gasteiger partial charge >= 0.3 is 0 Å². The lowest BCUT2D eigenvalue weighted by Gasteiger charge is -1.83. The van der Waals surface area contributed by atoms with E-state index in [-0.39, 0.29) is 0 Å². The maximum Gasteiger partial charge on any atom is 0.0132 e. The third-order valence-corrected chi connectivity index (χ3v) is 1.69. The minimum atomic E-state index is 0.876. The van der Waals surface area contributed by atoms with Crippen LogP contribution in [-0.2, 0) is 0 Å². The molecule has 0 fully saturated rings. The number of allylic oxidation sites excluding steroid dienone is 5. The van der Waals surface area contributed by atoms with Gasteiger partial charge in [-0.3, -0.25) is 0 Å². The molecule has 9 heavy (non-hydrogen) atoms. The molecule has 0 nitrogen and oxygen atoms in total. The lowest BCUT2D eigenvalue weighted by molar-refractivity contribution is 1.71. The fourth-order valence-corrected chi connectivity index (χ4v) is 0.531. The van der Waals surface area contributed by atoms with Crippen molar-refractivity contribution >= 4 is 31.9 Å². The van der Waals surface area contributed by atoms with Crippen molar-refractivity contribution < 1.29 is 0 Å². The smallest absolute Gasteiger partial charge is 0.0132 e. The molecule has 0 aliphatic rings. The van der Waals surface area contributed by atoms with Crippen LogP contribution < -0.4 is 0 Å². The number of rotatable bonds is 2. The highest BCUT2D eigenvalue weighted by atomic mass is 79.9. The Bertz CT molecular complexity index is 154. The molecule has 0 atom stereocenters. The van der Waals surface area contributed by atoms with Gasteiger partial charge in [0.05, 0.1) is 0 Å². The first kappa shape index (κ1) is 9.18. The molecule has 0 amide bonds. The van der Waals surface area contributed by atoms with E-state index in [4.69, 9.17) is 0 Å². The molecule has 0 saturated carbocycles. The van der Waals surface area contributed by atoms with Crippen molar-refractivity contribution in [2.75, 3.05) is 0 Å². The van der Waals surface area contributed by atoms with Crippen LogP contribution >= 0.6 is 31.9 Å². The molecule has 0 aromatic heterocycles. The van der Waals surface area contributed by atoms with Crippen molar-refractivity contribution in [2.24, 2.45) is 0 Å². The fraction of sp³-hybridized carbons (Fsp3) is 0.143. The summed E-state index contributed by atoms with van der Waals surface area (Å²) in [4.78, 5) is 0. The summed E-state index contributed by atoms with van der Waals surface area (Å²) in [7, 11) is 0. The van der Waals surface area contributed by atoms with Crippen LogP contribution in [0.4, 0.5) is 0 Å². The van der Waals surface area contributed by atoms with Gasteiger partial charge in [-0.2, -0.15) is 0 Å². The quantitative estimate of drug-likeness (QED) is 0.656. The third-order valence-electron chi connectivity index (χ3n) is 0.699. The summed E-state index contributed by atoms with van der Waals surface area (Å²) in [5, 5.41) is 0. The zero-order valence-electron chi connectivity index (χ0n) is 5.20. The molecule has 0 aliphatic heterocycles. The predicted octanol–water partition coefficient (Wildman–Crippen LogP) is 3.75. The highest BCUT2D eigenvalue weighted by Gasteiger charge is 1.79. The number of hydrogen-bond donors (Lipinski definition) is 0. The molecule has 0 aliphatic carbocycles. The third kappa shape index (κ3) is 6.06. The lowest BCUT2D eigenvalue weighted by Crippen LogP contribution is -1.59. The number of halogens is 2. The second kappa shape index (κ2) is 5.00. The summed E-state index contributed by atoms with van der Waals surface area (Å²) in [6, 6.07) is 0. The standard InChI is InChI=1S/C7H8Br2/c1-3-7(9)5-4-6(2)8/h3-5H,2H2,1H3/b5-4-,7-3+. The molecule has 0 saturated heterocycles. The topological polar surface area (TPSA) is 0 Å². The zero-order chi connectivity index (χ0) is 7.28. The van der Waals surface area contributed by atoms with Crippen LogP contribution in [0.2, 0.25) is 0 Å². The van der Waals surface area contributed by atoms with Gasteiger partial charge in [0.15, 0.2) is 0 Å². The Morgan fingerprint density at radius 1 is 1.33 bits per heavy atom. The van der Waals surface area contributed by atoms with Gasteiger partial charge in [-0.15, -0.1) is 0 Å². The van der Waals surface area contributed by atoms with Crippen LogP contribution in [-0.4, -0.2) is 0 Å². The average molecular weight is 252 g/mol. The van der Waals surface area contributed by atoms with Crippen molar-refractivity contribution in [1.29, 1.82) is 0 Å². The second-order valence-corrected chi connectivity index (χ2v) is 3.39. The Labute approximate surface area is 72.6 Å². The van der Waals surface area contributed by atoms with E-state index in [1.807, 2.05) is 25.2 Å². The molecule has 50 valence electrons. The molecular formula is C7H8Br2. The molecular weight excluding hydrogens is 244 g/mol. The summed E-state index contributed by atoms with van der Waals surface area (Å²) in [6.07, 6.45) is 5.77. The molecule has 2 heteroatoms. The average Bonchev–Trinajstić information content (AvgIpc) is 1.83. The summed E-state index contributed by atoms with van der Waals surface area (Å²) < 4.78 is 1.93. The van der Waals surface area contributed by atoms with Gasteiger partial charge in [0, 0.05) is 8.96 Å². The first-order chi connectivity index (χ1) is 4.16. The molecule has 0 aromatic rings. The van der Waals surface area contributed by atoms with Crippen LogP contribution in [0, 0.1) is 0 Å². The van der Waals surface area contributed by atoms with Gasteiger partial charge in [-0.1, -0.05) is 44.5 Å². The van der Waals surface area contributed by atoms with Crippen molar-refractivity contribution in [3.05, 3.63) is 33.8 Å². The van der Waals surface area contributed by atoms with E-state index < -0.39 is 0 Å². The molecule has 0 heterocycles. The van der Waals surface area contributed by atoms with E-state index in [1.54, 1.807) is 0 Å². The number of hydrogen-bond acceptors (Lipinski definition) is 0. The van der Waals surface area contributed by atoms with Crippen LogP contribution in [0.15, 0.2) is 33.8 Å². The Morgan fingerprint density at radius 3 is 2.22 bits per heavy atom. The second-order valence-electron chi connectivity index (χ2n) is 1.45. The highest BCUT2D eigenvalue weighted by Crippen LogP contribution is 2.09. The lowest BCUT2D eigenvalue weighted by atomic mass is 10.4. The van der Waals surface area contributed by atoms with E-state index >= 15 is 0 Å². The van der Waals surface area contributed by atoms with Crippen molar-refractivity contribution in [3.8, 4) is 0 Å². The van der Waals surface area contributed by atoms with Gasteiger partial charge in [0.2, 0.25) is 0 Å². The summed E-state index contributed by atoms with van der Waals surface area (Å²) in [5.41, 5.74) is 0. The Balaban J connectivity index is 3.86. The van der Waals surface area contributed by atoms with E-state index in [9.17, 15) is 0 Å². The van der Waals surface area contributed by atoms with E-state index in [0.717, 1.165) is 8.96 Å². The van der Waals surface area contributed by atoms with Gasteiger partial charge in [0.1, 0.15) is 0 Å². The van der Waals surface area contributed by atoms with Crippen LogP contribution in [0.25, 0.3) is 0 Å². The van der Waals surface area contributed by atoms with Gasteiger partial charge in [-0.25, -0.2) is 0 Å². The van der Waals surface area contributed by atoms with Crippen LogP contribution in [0.5, 0.6) is 0 Å². The minimum Gasteiger partial charge on any atom is -0.0847 e. The summed E-state index contributed by atoms with van der Waals surface area (Å²) in [6.45, 7) is 5.61. The van der Waals surface area contributed by atoms with E-state index in [2.05, 4.69) is 38.4 Å². The molecule has 0 bridgehead atoms. The maximum absolute atomic E-state index is 3.64. The maximum atomic E-state index is 3.64. The van der Waals surface area contributed by atoms with Crippen molar-refractivity contribution in [3.63, 3.8) is 0 Å². The van der Waals surface area contributed by atoms with Gasteiger partial charge in [-0.05, 0) is 19.1 Å². The molecule has 0 spiro atoms. The Hall–Kier alpha value is 0.180. The molecule has 0 radical (unpaired) electrons. The zero-order valence-corrected chi connectivity index (χ0v) is 8.37. The van der Waals surface area contributed by atoms with Gasteiger partial charge in [0.25, 0.3) is 0 Å². The minimum absolute atomic E-state index is 0.876. The van der Waals surface area contributed by atoms with Gasteiger partial charge < -0.3 is 0 Å². The Morgan fingerprint density at radius 2 is 1.89 bits per heavy atom. The highest BCUT2D eigenvalue weighted by molar-refractivity contribution is 9.12. The first-order valence-corrected chi connectivity index (χ1v) is 4.09. The molecule has 0 N–H and O–H groups in total. The molecule has 0 rings (SSSR count). The van der Waals surface area contributed by atoms with Crippen molar-refractivity contribution in [1.82, 2.24) is 0 Å². The predicted molar refractivity (Wildman–Crippen MR) is 49.9 cm³/mol. The van der Waals surface area contributed by atoms with Crippen molar-refractivity contribution in [2.45, 2.75) is 6.92 Å². The summed E-state index contributed by atoms with van der Waals surface area (Å²) in [5.74, 6) is 0. The first-order valence-electron chi connectivity index (χ1n) is 2.51.